The molecule has 1 aromatic heterocycles. The van der Waals surface area contributed by atoms with Crippen LogP contribution in [0.15, 0.2) is 28.9 Å². The third-order valence-corrected chi connectivity index (χ3v) is 2.48. The van der Waals surface area contributed by atoms with E-state index in [2.05, 4.69) is 29.5 Å². The summed E-state index contributed by atoms with van der Waals surface area (Å²) >= 11 is 2.25. The normalized spacial score (nSPS) is 10.7. The first kappa shape index (κ1) is 7.16. The monoisotopic (exact) mass is 257 g/mol. The summed E-state index contributed by atoms with van der Waals surface area (Å²) in [6.07, 6.45) is 1.69. The smallest absolute Gasteiger partial charge is 0.147 e. The van der Waals surface area contributed by atoms with E-state index in [4.69, 9.17) is 4.42 Å². The number of halogens is 1. The zero-order valence-electron chi connectivity index (χ0n) is 5.80. The van der Waals surface area contributed by atoms with Gasteiger partial charge in [0.2, 0.25) is 0 Å². The summed E-state index contributed by atoms with van der Waals surface area (Å²) in [4.78, 5) is 0. The maximum atomic E-state index is 5.31. The average Bonchev–Trinajstić information content (AvgIpc) is 2.35. The first-order chi connectivity index (χ1) is 5.29. The van der Waals surface area contributed by atoms with Crippen LogP contribution in [-0.2, 0) is 0 Å². The van der Waals surface area contributed by atoms with Gasteiger partial charge in [-0.25, -0.2) is 0 Å². The average molecular weight is 257 g/mol. The number of fused-ring (bicyclic) bond motifs is 1. The SMILES string of the molecule is [CH2]c1coc2c(I)cccc12. The highest BCUT2D eigenvalue weighted by Crippen LogP contribution is 2.24. The molecular weight excluding hydrogens is 251 g/mol. The van der Waals surface area contributed by atoms with Crippen LogP contribution < -0.4 is 0 Å². The Hall–Kier alpha value is -0.510. The predicted octanol–water partition coefficient (Wildman–Crippen LogP) is 3.22. The maximum absolute atomic E-state index is 5.31. The van der Waals surface area contributed by atoms with Crippen molar-refractivity contribution in [3.05, 3.63) is 40.5 Å². The molecule has 1 heterocycles. The summed E-state index contributed by atoms with van der Waals surface area (Å²) in [6.45, 7) is 3.85. The number of hydrogen-bond donors (Lipinski definition) is 0. The zero-order chi connectivity index (χ0) is 7.84. The summed E-state index contributed by atoms with van der Waals surface area (Å²) in [7, 11) is 0. The van der Waals surface area contributed by atoms with Gasteiger partial charge < -0.3 is 4.42 Å². The van der Waals surface area contributed by atoms with Crippen molar-refractivity contribution in [2.75, 3.05) is 0 Å². The molecule has 1 nitrogen and oxygen atoms in total. The van der Waals surface area contributed by atoms with E-state index in [0.29, 0.717) is 0 Å². The van der Waals surface area contributed by atoms with Crippen LogP contribution in [-0.4, -0.2) is 0 Å². The highest BCUT2D eigenvalue weighted by molar-refractivity contribution is 14.1. The Labute approximate surface area is 78.5 Å². The van der Waals surface area contributed by atoms with Gasteiger partial charge in [0.25, 0.3) is 0 Å². The molecule has 0 atom stereocenters. The first-order valence-corrected chi connectivity index (χ1v) is 4.34. The van der Waals surface area contributed by atoms with Crippen molar-refractivity contribution < 1.29 is 4.42 Å². The fraction of sp³-hybridized carbons (Fsp3) is 0. The lowest BCUT2D eigenvalue weighted by Crippen LogP contribution is -1.71. The van der Waals surface area contributed by atoms with E-state index in [0.717, 1.165) is 20.1 Å². The zero-order valence-corrected chi connectivity index (χ0v) is 7.96. The summed E-state index contributed by atoms with van der Waals surface area (Å²) in [5, 5.41) is 1.11. The van der Waals surface area contributed by atoms with Crippen LogP contribution in [0.4, 0.5) is 0 Å². The van der Waals surface area contributed by atoms with Gasteiger partial charge in [-0.2, -0.15) is 0 Å². The molecule has 0 saturated carbocycles. The molecule has 55 valence electrons. The Morgan fingerprint density at radius 2 is 2.18 bits per heavy atom. The van der Waals surface area contributed by atoms with Crippen molar-refractivity contribution >= 4 is 33.6 Å². The largest absolute Gasteiger partial charge is 0.463 e. The molecule has 0 spiro atoms. The molecule has 2 aromatic rings. The Morgan fingerprint density at radius 3 is 2.91 bits per heavy atom. The van der Waals surface area contributed by atoms with Gasteiger partial charge in [-0.05, 0) is 41.1 Å². The fourth-order valence-corrected chi connectivity index (χ4v) is 1.70. The van der Waals surface area contributed by atoms with Crippen molar-refractivity contribution in [3.63, 3.8) is 0 Å². The number of hydrogen-bond acceptors (Lipinski definition) is 1. The molecule has 11 heavy (non-hydrogen) atoms. The molecule has 0 bridgehead atoms. The van der Waals surface area contributed by atoms with Crippen molar-refractivity contribution in [2.45, 2.75) is 0 Å². The number of furan rings is 1. The molecule has 0 aliphatic rings. The summed E-state index contributed by atoms with van der Waals surface area (Å²) in [5.74, 6) is 0. The number of para-hydroxylation sites is 1. The van der Waals surface area contributed by atoms with Gasteiger partial charge >= 0.3 is 0 Å². The minimum Gasteiger partial charge on any atom is -0.463 e. The van der Waals surface area contributed by atoms with E-state index in [1.165, 1.54) is 0 Å². The van der Waals surface area contributed by atoms with Crippen LogP contribution in [0.3, 0.4) is 0 Å². The molecule has 0 N–H and O–H groups in total. The third kappa shape index (κ3) is 1.05. The molecule has 0 fully saturated rings. The second kappa shape index (κ2) is 2.52. The second-order valence-corrected chi connectivity index (χ2v) is 3.54. The van der Waals surface area contributed by atoms with E-state index in [-0.39, 0.29) is 0 Å². The topological polar surface area (TPSA) is 13.1 Å². The Bertz CT molecular complexity index is 389. The lowest BCUT2D eigenvalue weighted by atomic mass is 10.2. The first-order valence-electron chi connectivity index (χ1n) is 3.27. The highest BCUT2D eigenvalue weighted by Gasteiger charge is 2.03. The number of rotatable bonds is 0. The van der Waals surface area contributed by atoms with Crippen LogP contribution >= 0.6 is 22.6 Å². The van der Waals surface area contributed by atoms with Gasteiger partial charge in [0.1, 0.15) is 5.58 Å². The van der Waals surface area contributed by atoms with E-state index >= 15 is 0 Å². The fourth-order valence-electron chi connectivity index (χ4n) is 1.08. The minimum atomic E-state index is 0.943. The van der Waals surface area contributed by atoms with Crippen LogP contribution in [0, 0.1) is 10.5 Å². The molecule has 1 aromatic carbocycles. The molecule has 0 aliphatic carbocycles. The van der Waals surface area contributed by atoms with Gasteiger partial charge in [0.15, 0.2) is 0 Å². The van der Waals surface area contributed by atoms with Gasteiger partial charge in [0, 0.05) is 5.39 Å². The highest BCUT2D eigenvalue weighted by atomic mass is 127. The van der Waals surface area contributed by atoms with Crippen molar-refractivity contribution in [1.29, 1.82) is 0 Å². The summed E-state index contributed by atoms with van der Waals surface area (Å²) in [6, 6.07) is 6.05. The molecular formula is C9H6IO. The summed E-state index contributed by atoms with van der Waals surface area (Å²) < 4.78 is 6.44. The number of benzene rings is 1. The maximum Gasteiger partial charge on any atom is 0.147 e. The van der Waals surface area contributed by atoms with Gasteiger partial charge in [0.05, 0.1) is 9.83 Å². The molecule has 0 aliphatic heterocycles. The van der Waals surface area contributed by atoms with Gasteiger partial charge in [-0.15, -0.1) is 0 Å². The molecule has 2 heteroatoms. The van der Waals surface area contributed by atoms with E-state index in [1.807, 2.05) is 18.2 Å². The van der Waals surface area contributed by atoms with Crippen LogP contribution in [0.5, 0.6) is 0 Å². The predicted molar refractivity (Wildman–Crippen MR) is 53.4 cm³/mol. The van der Waals surface area contributed by atoms with E-state index in [1.54, 1.807) is 6.26 Å². The molecule has 1 radical (unpaired) electrons. The molecule has 2 rings (SSSR count). The van der Waals surface area contributed by atoms with E-state index < -0.39 is 0 Å². The van der Waals surface area contributed by atoms with Gasteiger partial charge in [-0.3, -0.25) is 0 Å². The second-order valence-electron chi connectivity index (χ2n) is 2.38. The lowest BCUT2D eigenvalue weighted by molar-refractivity contribution is 0.612. The molecule has 0 amide bonds. The lowest BCUT2D eigenvalue weighted by Gasteiger charge is -1.90. The Balaban J connectivity index is 2.94. The van der Waals surface area contributed by atoms with Crippen molar-refractivity contribution in [2.24, 2.45) is 0 Å². The van der Waals surface area contributed by atoms with Crippen molar-refractivity contribution in [1.82, 2.24) is 0 Å². The standard InChI is InChI=1S/C9H6IO/c1-6-5-11-9-7(6)3-2-4-8(9)10/h2-5H,1H2. The van der Waals surface area contributed by atoms with Crippen molar-refractivity contribution in [3.8, 4) is 0 Å². The van der Waals surface area contributed by atoms with Crippen LogP contribution in [0.2, 0.25) is 0 Å². The van der Waals surface area contributed by atoms with Gasteiger partial charge in [-0.1, -0.05) is 12.1 Å². The third-order valence-electron chi connectivity index (χ3n) is 1.63. The van der Waals surface area contributed by atoms with E-state index in [9.17, 15) is 0 Å². The molecule has 0 saturated heterocycles. The summed E-state index contributed by atoms with van der Waals surface area (Å²) in [5.41, 5.74) is 1.90. The Morgan fingerprint density at radius 1 is 1.36 bits per heavy atom. The quantitative estimate of drug-likeness (QED) is 0.660. The Kier molecular flexibility index (Phi) is 1.64. The van der Waals surface area contributed by atoms with Crippen LogP contribution in [0.1, 0.15) is 5.56 Å². The van der Waals surface area contributed by atoms with Crippen LogP contribution in [0.25, 0.3) is 11.0 Å². The molecule has 0 unspecified atom stereocenters. The minimum absolute atomic E-state index is 0.943.